The normalized spacial score (nSPS) is 17.7. The van der Waals surface area contributed by atoms with E-state index in [2.05, 4.69) is 9.71 Å². The Hall–Kier alpha value is -2.26. The van der Waals surface area contributed by atoms with Crippen LogP contribution in [-0.4, -0.2) is 26.5 Å². The number of Topliss-reactive ketones (excluding diaryl/α,β-unsaturated/α-hetero) is 1. The summed E-state index contributed by atoms with van der Waals surface area (Å²) in [6.07, 6.45) is 3.64. The summed E-state index contributed by atoms with van der Waals surface area (Å²) in [5.74, 6) is 1.56. The van der Waals surface area contributed by atoms with Gasteiger partial charge >= 0.3 is 0 Å². The molecule has 2 heterocycles. The second-order valence-corrected chi connectivity index (χ2v) is 13.4. The van der Waals surface area contributed by atoms with Crippen molar-refractivity contribution in [3.05, 3.63) is 74.7 Å². The topological polar surface area (TPSA) is 77.5 Å². The molecule has 35 heavy (non-hydrogen) atoms. The lowest BCUT2D eigenvalue weighted by Gasteiger charge is -2.24. The van der Waals surface area contributed by atoms with Crippen molar-refractivity contribution in [2.24, 2.45) is 0 Å². The zero-order valence-electron chi connectivity index (χ0n) is 19.8. The van der Waals surface area contributed by atoms with Crippen molar-refractivity contribution in [3.63, 3.8) is 0 Å². The van der Waals surface area contributed by atoms with E-state index in [0.717, 1.165) is 33.9 Å². The first-order valence-corrected chi connectivity index (χ1v) is 13.8. The summed E-state index contributed by atoms with van der Waals surface area (Å²) in [6, 6.07) is 12.9. The molecule has 6 nitrogen and oxygen atoms in total. The van der Waals surface area contributed by atoms with Crippen molar-refractivity contribution in [2.45, 2.75) is 56.2 Å². The molecule has 184 valence electrons. The predicted molar refractivity (Wildman–Crippen MR) is 139 cm³/mol. The highest BCUT2D eigenvalue weighted by Gasteiger charge is 2.51. The summed E-state index contributed by atoms with van der Waals surface area (Å²) in [5.41, 5.74) is 1.31. The molecular formula is C26H27ClN2O4S2. The Balaban J connectivity index is 1.38. The van der Waals surface area contributed by atoms with Crippen molar-refractivity contribution in [1.29, 1.82) is 0 Å². The smallest absolute Gasteiger partial charge is 0.231 e. The van der Waals surface area contributed by atoms with Crippen LogP contribution < -0.4 is 14.2 Å². The maximum absolute atomic E-state index is 13.4. The van der Waals surface area contributed by atoms with Gasteiger partial charge in [0.05, 0.1) is 33.6 Å². The van der Waals surface area contributed by atoms with Crippen molar-refractivity contribution in [1.82, 2.24) is 9.71 Å². The third kappa shape index (κ3) is 4.89. The maximum Gasteiger partial charge on any atom is 0.231 e. The lowest BCUT2D eigenvalue weighted by atomic mass is 9.89. The molecule has 0 unspecified atom stereocenters. The highest BCUT2D eigenvalue weighted by molar-refractivity contribution is 7.84. The van der Waals surface area contributed by atoms with Crippen LogP contribution in [0.4, 0.5) is 0 Å². The van der Waals surface area contributed by atoms with Gasteiger partial charge in [0.1, 0.15) is 10.8 Å². The van der Waals surface area contributed by atoms with Gasteiger partial charge < -0.3 is 9.47 Å². The molecule has 2 aromatic carbocycles. The van der Waals surface area contributed by atoms with Crippen LogP contribution in [0.1, 0.15) is 60.7 Å². The third-order valence-electron chi connectivity index (χ3n) is 6.37. The second kappa shape index (κ2) is 9.32. The van der Waals surface area contributed by atoms with Gasteiger partial charge in [-0.2, -0.15) is 0 Å². The molecule has 3 aromatic rings. The zero-order chi connectivity index (χ0) is 24.8. The zero-order valence-corrected chi connectivity index (χ0v) is 22.2. The molecule has 1 aliphatic heterocycles. The van der Waals surface area contributed by atoms with Crippen molar-refractivity contribution >= 4 is 39.7 Å². The molecule has 1 aromatic heterocycles. The Bertz CT molecular complexity index is 1300. The van der Waals surface area contributed by atoms with Crippen LogP contribution in [0.5, 0.6) is 11.5 Å². The van der Waals surface area contributed by atoms with Crippen molar-refractivity contribution < 1.29 is 18.5 Å². The van der Waals surface area contributed by atoms with Gasteiger partial charge in [-0.05, 0) is 62.9 Å². The monoisotopic (exact) mass is 530 g/mol. The molecular weight excluding hydrogens is 504 g/mol. The highest BCUT2D eigenvalue weighted by atomic mass is 35.5. The Labute approximate surface area is 216 Å². The van der Waals surface area contributed by atoms with E-state index in [1.54, 1.807) is 6.20 Å². The van der Waals surface area contributed by atoms with Gasteiger partial charge in [-0.3, -0.25) is 4.79 Å². The Morgan fingerprint density at radius 3 is 2.66 bits per heavy atom. The molecule has 0 spiro atoms. The van der Waals surface area contributed by atoms with E-state index in [9.17, 15) is 9.00 Å². The average Bonchev–Trinajstić information content (AvgIpc) is 3.28. The van der Waals surface area contributed by atoms with Crippen LogP contribution in [0.25, 0.3) is 0 Å². The van der Waals surface area contributed by atoms with E-state index in [1.807, 2.05) is 63.2 Å². The number of carbonyl (C=O) groups excluding carboxylic acids is 1. The highest BCUT2D eigenvalue weighted by Crippen LogP contribution is 2.51. The molecule has 2 atom stereocenters. The number of ether oxygens (including phenoxy) is 2. The van der Waals surface area contributed by atoms with Gasteiger partial charge in [-0.25, -0.2) is 13.9 Å². The number of nitrogens with one attached hydrogen (secondary N) is 1. The molecule has 1 fully saturated rings. The summed E-state index contributed by atoms with van der Waals surface area (Å²) in [4.78, 5) is 18.9. The van der Waals surface area contributed by atoms with Crippen LogP contribution in [0, 0.1) is 0 Å². The molecule has 1 N–H and O–H groups in total. The van der Waals surface area contributed by atoms with Gasteiger partial charge in [0, 0.05) is 16.1 Å². The number of hydrogen-bond donors (Lipinski definition) is 1. The van der Waals surface area contributed by atoms with Crippen LogP contribution in [0.2, 0.25) is 5.02 Å². The van der Waals surface area contributed by atoms with E-state index in [-0.39, 0.29) is 19.0 Å². The molecule has 0 saturated heterocycles. The number of nitrogens with zero attached hydrogens (tertiary/aromatic N) is 1. The summed E-state index contributed by atoms with van der Waals surface area (Å²) in [7, 11) is -1.33. The number of fused-ring (bicyclic) bond motifs is 1. The lowest BCUT2D eigenvalue weighted by Crippen LogP contribution is -2.36. The number of hydrogen-bond acceptors (Lipinski definition) is 6. The summed E-state index contributed by atoms with van der Waals surface area (Å²) >= 11 is 7.96. The first kappa shape index (κ1) is 24.4. The Morgan fingerprint density at radius 1 is 1.20 bits per heavy atom. The SMILES string of the molecule is CC(C)(C)[S@@](=O)N[C@H](c1cnc(CC(=O)C2(c3ccc4c(c3)OCO4)CC2)s1)c1ccccc1Cl. The molecule has 9 heteroatoms. The maximum atomic E-state index is 13.4. The molecule has 2 aliphatic rings. The van der Waals surface area contributed by atoms with Crippen molar-refractivity contribution in [3.8, 4) is 11.5 Å². The molecule has 1 aliphatic carbocycles. The number of halogens is 1. The molecule has 5 rings (SSSR count). The van der Waals surface area contributed by atoms with Crippen molar-refractivity contribution in [2.75, 3.05) is 6.79 Å². The first-order valence-electron chi connectivity index (χ1n) is 11.5. The minimum atomic E-state index is -1.33. The minimum absolute atomic E-state index is 0.151. The largest absolute Gasteiger partial charge is 0.454 e. The van der Waals surface area contributed by atoms with Gasteiger partial charge in [0.2, 0.25) is 6.79 Å². The van der Waals surface area contributed by atoms with E-state index in [0.29, 0.717) is 16.5 Å². The van der Waals surface area contributed by atoms with Crippen LogP contribution in [0.3, 0.4) is 0 Å². The standard InChI is InChI=1S/C26H27ClN2O4S2/c1-25(2,3)35(31)29-24(17-6-4-5-7-18(17)27)21-14-28-23(34-21)13-22(30)26(10-11-26)16-8-9-19-20(12-16)33-15-32-19/h4-9,12,14,24,29H,10-11,13,15H2,1-3H3/t24-,35+/m0/s1. The van der Waals surface area contributed by atoms with Gasteiger partial charge in [-0.1, -0.05) is 35.9 Å². The molecule has 0 radical (unpaired) electrons. The van der Waals surface area contributed by atoms with E-state index in [1.165, 1.54) is 11.3 Å². The fraction of sp³-hybridized carbons (Fsp3) is 0.385. The van der Waals surface area contributed by atoms with Gasteiger partial charge in [-0.15, -0.1) is 11.3 Å². The summed E-state index contributed by atoms with van der Waals surface area (Å²) in [5, 5.41) is 1.32. The predicted octanol–water partition coefficient (Wildman–Crippen LogP) is 5.51. The molecule has 0 bridgehead atoms. The number of ketones is 1. The molecule has 0 amide bonds. The van der Waals surface area contributed by atoms with E-state index < -0.39 is 27.2 Å². The Kier molecular flexibility index (Phi) is 6.50. The molecule has 1 saturated carbocycles. The first-order chi connectivity index (χ1) is 16.7. The quantitative estimate of drug-likeness (QED) is 0.415. The number of carbonyl (C=O) groups is 1. The Morgan fingerprint density at radius 2 is 1.94 bits per heavy atom. The average molecular weight is 531 g/mol. The van der Waals surface area contributed by atoms with Gasteiger partial charge in [0.15, 0.2) is 11.5 Å². The lowest BCUT2D eigenvalue weighted by molar-refractivity contribution is -0.120. The number of aromatic nitrogens is 1. The van der Waals surface area contributed by atoms with Crippen LogP contribution in [0.15, 0.2) is 48.7 Å². The fourth-order valence-electron chi connectivity index (χ4n) is 4.16. The summed E-state index contributed by atoms with van der Waals surface area (Å²) in [6.45, 7) is 5.97. The second-order valence-electron chi connectivity index (χ2n) is 9.86. The van der Waals surface area contributed by atoms with Gasteiger partial charge in [0.25, 0.3) is 0 Å². The number of benzene rings is 2. The number of rotatable bonds is 8. The minimum Gasteiger partial charge on any atom is -0.454 e. The summed E-state index contributed by atoms with van der Waals surface area (Å²) < 4.78 is 26.7. The third-order valence-corrected chi connectivity index (χ3v) is 9.34. The fourth-order valence-corrected chi connectivity index (χ4v) is 6.29. The van der Waals surface area contributed by atoms with E-state index in [4.69, 9.17) is 21.1 Å². The van der Waals surface area contributed by atoms with Crippen LogP contribution >= 0.6 is 22.9 Å². The van der Waals surface area contributed by atoms with Crippen LogP contribution in [-0.2, 0) is 27.6 Å². The number of thiazole rings is 1. The van der Waals surface area contributed by atoms with E-state index >= 15 is 0 Å².